The summed E-state index contributed by atoms with van der Waals surface area (Å²) in [6.07, 6.45) is -1.82. The van der Waals surface area contributed by atoms with Crippen LogP contribution in [-0.2, 0) is 9.09 Å². The molecular weight excluding hydrogens is 281 g/mol. The Kier molecular flexibility index (Phi) is 10.9. The smallest absolute Gasteiger partial charge is 0.394 e. The van der Waals surface area contributed by atoms with Crippen LogP contribution < -0.4 is 0 Å². The molecule has 0 fully saturated rings. The van der Waals surface area contributed by atoms with Crippen LogP contribution in [0.1, 0.15) is 0 Å². The number of phosphoric acid groups is 1. The molecule has 0 aliphatic carbocycles. The van der Waals surface area contributed by atoms with Crippen molar-refractivity contribution >= 4 is 7.82 Å². The largest absolute Gasteiger partial charge is 0.469 e. The monoisotopic (exact) mass is 306 g/mol. The number of aliphatic hydroxyl groups is 4. The fourth-order valence-corrected chi connectivity index (χ4v) is 1.29. The SMILES string of the molecule is C[N+](C)(C)CC(O)COP(=O)(O)O.OCC(O)CO. The highest BCUT2D eigenvalue weighted by Crippen LogP contribution is 2.35. The Morgan fingerprint density at radius 2 is 1.47 bits per heavy atom. The van der Waals surface area contributed by atoms with E-state index in [-0.39, 0.29) is 19.8 Å². The van der Waals surface area contributed by atoms with Crippen LogP contribution in [0.25, 0.3) is 0 Å². The molecule has 19 heavy (non-hydrogen) atoms. The van der Waals surface area contributed by atoms with Gasteiger partial charge in [0.1, 0.15) is 18.8 Å². The summed E-state index contributed by atoms with van der Waals surface area (Å²) in [5, 5.41) is 33.3. The number of quaternary nitrogens is 1. The average molecular weight is 306 g/mol. The van der Waals surface area contributed by atoms with Crippen LogP contribution >= 0.6 is 7.82 Å². The molecule has 0 radical (unpaired) electrons. The van der Waals surface area contributed by atoms with Crippen LogP contribution in [0.3, 0.4) is 0 Å². The van der Waals surface area contributed by atoms with Crippen molar-refractivity contribution in [2.45, 2.75) is 12.2 Å². The summed E-state index contributed by atoms with van der Waals surface area (Å²) in [4.78, 5) is 16.7. The molecule has 0 aromatic heterocycles. The van der Waals surface area contributed by atoms with E-state index in [1.165, 1.54) is 0 Å². The molecule has 6 N–H and O–H groups in total. The summed E-state index contributed by atoms with van der Waals surface area (Å²) in [5.74, 6) is 0. The third-order valence-electron chi connectivity index (χ3n) is 1.62. The second-order valence-electron chi connectivity index (χ2n) is 4.93. The first kappa shape index (κ1) is 21.2. The van der Waals surface area contributed by atoms with Gasteiger partial charge in [-0.3, -0.25) is 4.52 Å². The van der Waals surface area contributed by atoms with Gasteiger partial charge < -0.3 is 34.7 Å². The first-order valence-corrected chi connectivity index (χ1v) is 7.02. The maximum absolute atomic E-state index is 10.3. The van der Waals surface area contributed by atoms with Crippen molar-refractivity contribution in [3.8, 4) is 0 Å². The van der Waals surface area contributed by atoms with Crippen molar-refractivity contribution in [3.05, 3.63) is 0 Å². The predicted octanol–water partition coefficient (Wildman–Crippen LogP) is -2.51. The zero-order valence-corrected chi connectivity index (χ0v) is 12.3. The van der Waals surface area contributed by atoms with Gasteiger partial charge in [0, 0.05) is 0 Å². The number of hydrogen-bond acceptors (Lipinski definition) is 6. The molecule has 0 saturated heterocycles. The molecule has 0 saturated carbocycles. The molecule has 0 aromatic rings. The number of nitrogens with zero attached hydrogens (tertiary/aromatic N) is 1. The van der Waals surface area contributed by atoms with Crippen molar-refractivity contribution in [3.63, 3.8) is 0 Å². The van der Waals surface area contributed by atoms with Crippen LogP contribution in [0.4, 0.5) is 0 Å². The summed E-state index contributed by atoms with van der Waals surface area (Å²) < 4.78 is 14.9. The maximum Gasteiger partial charge on any atom is 0.469 e. The molecule has 0 heterocycles. The fraction of sp³-hybridized carbons (Fsp3) is 1.00. The van der Waals surface area contributed by atoms with Gasteiger partial charge in [-0.05, 0) is 0 Å². The van der Waals surface area contributed by atoms with Gasteiger partial charge in [-0.15, -0.1) is 0 Å². The quantitative estimate of drug-likeness (QED) is 0.223. The van der Waals surface area contributed by atoms with Crippen LogP contribution in [0, 0.1) is 0 Å². The Labute approximate surface area is 112 Å². The van der Waals surface area contributed by atoms with Crippen LogP contribution in [-0.4, -0.2) is 94.4 Å². The average Bonchev–Trinajstić information content (AvgIpc) is 2.23. The first-order valence-electron chi connectivity index (χ1n) is 5.49. The molecule has 0 aliphatic heterocycles. The molecule has 1 unspecified atom stereocenters. The Balaban J connectivity index is 0. The molecule has 0 bridgehead atoms. The molecule has 10 heteroatoms. The van der Waals surface area contributed by atoms with Gasteiger partial charge in [-0.25, -0.2) is 4.57 Å². The fourth-order valence-electron chi connectivity index (χ4n) is 0.926. The third kappa shape index (κ3) is 20.4. The van der Waals surface area contributed by atoms with Crippen LogP contribution in [0.5, 0.6) is 0 Å². The molecule has 9 nitrogen and oxygen atoms in total. The first-order chi connectivity index (χ1) is 8.41. The van der Waals surface area contributed by atoms with E-state index in [1.807, 2.05) is 21.1 Å². The highest BCUT2D eigenvalue weighted by molar-refractivity contribution is 7.46. The van der Waals surface area contributed by atoms with E-state index < -0.39 is 20.0 Å². The van der Waals surface area contributed by atoms with Crippen LogP contribution in [0.2, 0.25) is 0 Å². The lowest BCUT2D eigenvalue weighted by molar-refractivity contribution is -0.873. The third-order valence-corrected chi connectivity index (χ3v) is 2.10. The van der Waals surface area contributed by atoms with Crippen molar-refractivity contribution in [2.24, 2.45) is 0 Å². The normalized spacial score (nSPS) is 14.0. The molecular formula is C9H25NO8P+. The van der Waals surface area contributed by atoms with Crippen molar-refractivity contribution in [1.82, 2.24) is 0 Å². The second-order valence-corrected chi connectivity index (χ2v) is 6.17. The lowest BCUT2D eigenvalue weighted by Crippen LogP contribution is -2.42. The van der Waals surface area contributed by atoms with Gasteiger partial charge in [0.15, 0.2) is 0 Å². The molecule has 0 spiro atoms. The second kappa shape index (κ2) is 9.76. The minimum Gasteiger partial charge on any atom is -0.394 e. The molecule has 0 amide bonds. The maximum atomic E-state index is 10.3. The Bertz CT molecular complexity index is 259. The predicted molar refractivity (Wildman–Crippen MR) is 67.1 cm³/mol. The lowest BCUT2D eigenvalue weighted by atomic mass is 10.3. The minimum absolute atomic E-state index is 0.347. The lowest BCUT2D eigenvalue weighted by Gasteiger charge is -2.26. The molecule has 0 aliphatic rings. The Morgan fingerprint density at radius 1 is 1.05 bits per heavy atom. The van der Waals surface area contributed by atoms with E-state index in [1.54, 1.807) is 0 Å². The Morgan fingerprint density at radius 3 is 1.68 bits per heavy atom. The number of phosphoric ester groups is 1. The van der Waals surface area contributed by atoms with E-state index >= 15 is 0 Å². The molecule has 1 atom stereocenters. The summed E-state index contributed by atoms with van der Waals surface area (Å²) in [7, 11) is 1.13. The number of aliphatic hydroxyl groups excluding tert-OH is 4. The summed E-state index contributed by atoms with van der Waals surface area (Å²) in [5.41, 5.74) is 0. The summed E-state index contributed by atoms with van der Waals surface area (Å²) in [6.45, 7) is -0.702. The molecule has 0 aromatic carbocycles. The van der Waals surface area contributed by atoms with Gasteiger partial charge >= 0.3 is 7.82 Å². The highest BCUT2D eigenvalue weighted by atomic mass is 31.2. The zero-order valence-electron chi connectivity index (χ0n) is 11.4. The number of hydrogen-bond donors (Lipinski definition) is 6. The van der Waals surface area contributed by atoms with E-state index in [4.69, 9.17) is 25.1 Å². The minimum atomic E-state index is -4.45. The summed E-state index contributed by atoms with van der Waals surface area (Å²) >= 11 is 0. The standard InChI is InChI=1S/C6H16NO5P.C3H8O3/c1-7(2,3)4-6(8)5-12-13(9,10)11;4-1-3(6)2-5/h6,8H,4-5H2,1-3H3,(H-,9,10,11);3-6H,1-2H2/p+1. The van der Waals surface area contributed by atoms with Crippen molar-refractivity contribution < 1.29 is 43.8 Å². The van der Waals surface area contributed by atoms with Crippen LogP contribution in [0.15, 0.2) is 0 Å². The van der Waals surface area contributed by atoms with E-state index in [0.717, 1.165) is 0 Å². The molecule has 0 rings (SSSR count). The highest BCUT2D eigenvalue weighted by Gasteiger charge is 2.20. The van der Waals surface area contributed by atoms with Gasteiger partial charge in [-0.1, -0.05) is 0 Å². The van der Waals surface area contributed by atoms with Gasteiger partial charge in [-0.2, -0.15) is 0 Å². The van der Waals surface area contributed by atoms with Crippen molar-refractivity contribution in [1.29, 1.82) is 0 Å². The van der Waals surface area contributed by atoms with E-state index in [2.05, 4.69) is 4.52 Å². The topological polar surface area (TPSA) is 148 Å². The van der Waals surface area contributed by atoms with Crippen molar-refractivity contribution in [2.75, 3.05) is 47.5 Å². The van der Waals surface area contributed by atoms with E-state index in [9.17, 15) is 9.67 Å². The summed E-state index contributed by atoms with van der Waals surface area (Å²) in [6, 6.07) is 0. The van der Waals surface area contributed by atoms with Gasteiger partial charge in [0.25, 0.3) is 0 Å². The number of likely N-dealkylation sites (N-methyl/N-ethyl adjacent to an activating group) is 1. The number of rotatable bonds is 7. The molecule has 118 valence electrons. The Hall–Kier alpha value is -0.0900. The van der Waals surface area contributed by atoms with Gasteiger partial charge in [0.2, 0.25) is 0 Å². The van der Waals surface area contributed by atoms with Gasteiger partial charge in [0.05, 0.1) is 41.0 Å². The van der Waals surface area contributed by atoms with E-state index in [0.29, 0.717) is 11.0 Å². The zero-order chi connectivity index (χ0) is 15.7.